The largest absolute Gasteiger partial charge is 0.496 e. The van der Waals surface area contributed by atoms with E-state index in [4.69, 9.17) is 4.74 Å². The fourth-order valence-electron chi connectivity index (χ4n) is 3.62. The number of hydrogen-bond acceptors (Lipinski definition) is 6. The van der Waals surface area contributed by atoms with E-state index in [0.717, 1.165) is 41.4 Å². The summed E-state index contributed by atoms with van der Waals surface area (Å²) in [6.07, 6.45) is 4.95. The standard InChI is InChI=1S/C22H26N6O2/c1-15-16(2)28(14-27-15)20-12-19(25-13-26-20)23-10-11-24-21(29)22(8-9-22)17-6-4-5-7-18(17)30-3/h4-7,12-14H,8-11H2,1-3H3,(H,24,29)(H,23,25,26). The second-order valence-corrected chi connectivity index (χ2v) is 7.51. The zero-order chi connectivity index (χ0) is 21.1. The SMILES string of the molecule is COc1ccccc1C1(C(=O)NCCNc2cc(-n3cnc(C)c3C)ncn2)CC1. The third kappa shape index (κ3) is 3.72. The van der Waals surface area contributed by atoms with Crippen molar-refractivity contribution in [3.63, 3.8) is 0 Å². The highest BCUT2D eigenvalue weighted by molar-refractivity contribution is 5.92. The molecule has 0 spiro atoms. The van der Waals surface area contributed by atoms with E-state index in [0.29, 0.717) is 18.9 Å². The molecule has 1 aliphatic rings. The molecule has 1 aliphatic carbocycles. The molecule has 0 bridgehead atoms. The second kappa shape index (κ2) is 8.14. The third-order valence-corrected chi connectivity index (χ3v) is 5.68. The Morgan fingerprint density at radius 1 is 1.17 bits per heavy atom. The number of carbonyl (C=O) groups is 1. The van der Waals surface area contributed by atoms with Gasteiger partial charge in [0.1, 0.15) is 30.0 Å². The number of carbonyl (C=O) groups excluding carboxylic acids is 1. The predicted molar refractivity (Wildman–Crippen MR) is 114 cm³/mol. The van der Waals surface area contributed by atoms with Crippen molar-refractivity contribution < 1.29 is 9.53 Å². The lowest BCUT2D eigenvalue weighted by Crippen LogP contribution is -2.37. The number of amides is 1. The first-order valence-corrected chi connectivity index (χ1v) is 10.0. The Balaban J connectivity index is 1.34. The maximum Gasteiger partial charge on any atom is 0.230 e. The van der Waals surface area contributed by atoms with Crippen LogP contribution in [0.5, 0.6) is 5.75 Å². The van der Waals surface area contributed by atoms with Gasteiger partial charge in [0.15, 0.2) is 0 Å². The summed E-state index contributed by atoms with van der Waals surface area (Å²) >= 11 is 0. The van der Waals surface area contributed by atoms with Gasteiger partial charge in [-0.2, -0.15) is 0 Å². The molecule has 1 saturated carbocycles. The summed E-state index contributed by atoms with van der Waals surface area (Å²) in [6.45, 7) is 5.03. The minimum absolute atomic E-state index is 0.0432. The topological polar surface area (TPSA) is 94.0 Å². The van der Waals surface area contributed by atoms with Crippen LogP contribution in [0, 0.1) is 13.8 Å². The highest BCUT2D eigenvalue weighted by atomic mass is 16.5. The smallest absolute Gasteiger partial charge is 0.230 e. The maximum atomic E-state index is 12.9. The Labute approximate surface area is 175 Å². The third-order valence-electron chi connectivity index (χ3n) is 5.68. The van der Waals surface area contributed by atoms with E-state index >= 15 is 0 Å². The number of hydrogen-bond donors (Lipinski definition) is 2. The normalized spacial score (nSPS) is 14.2. The Morgan fingerprint density at radius 2 is 1.97 bits per heavy atom. The van der Waals surface area contributed by atoms with E-state index in [9.17, 15) is 4.79 Å². The molecule has 0 saturated heterocycles. The number of nitrogens with one attached hydrogen (secondary N) is 2. The van der Waals surface area contributed by atoms with Crippen LogP contribution in [-0.4, -0.2) is 45.6 Å². The number of aromatic nitrogens is 4. The summed E-state index contributed by atoms with van der Waals surface area (Å²) in [6, 6.07) is 9.62. The van der Waals surface area contributed by atoms with E-state index in [-0.39, 0.29) is 5.91 Å². The first-order chi connectivity index (χ1) is 14.5. The summed E-state index contributed by atoms with van der Waals surface area (Å²) < 4.78 is 7.37. The molecule has 3 aromatic rings. The fraction of sp³-hybridized carbons (Fsp3) is 0.364. The molecule has 2 heterocycles. The van der Waals surface area contributed by atoms with Gasteiger partial charge in [0.2, 0.25) is 5.91 Å². The molecule has 0 unspecified atom stereocenters. The predicted octanol–water partition coefficient (Wildman–Crippen LogP) is 2.55. The zero-order valence-electron chi connectivity index (χ0n) is 17.5. The molecule has 1 aromatic carbocycles. The van der Waals surface area contributed by atoms with Gasteiger partial charge in [0.05, 0.1) is 18.2 Å². The van der Waals surface area contributed by atoms with Gasteiger partial charge in [-0.05, 0) is 32.8 Å². The molecule has 156 valence electrons. The van der Waals surface area contributed by atoms with Crippen molar-refractivity contribution in [2.45, 2.75) is 32.1 Å². The molecular formula is C22H26N6O2. The van der Waals surface area contributed by atoms with Gasteiger partial charge in [0, 0.05) is 30.4 Å². The average molecular weight is 406 g/mol. The van der Waals surface area contributed by atoms with Gasteiger partial charge >= 0.3 is 0 Å². The average Bonchev–Trinajstić information content (AvgIpc) is 3.52. The number of para-hydroxylation sites is 1. The van der Waals surface area contributed by atoms with Crippen molar-refractivity contribution >= 4 is 11.7 Å². The number of rotatable bonds is 8. The van der Waals surface area contributed by atoms with E-state index < -0.39 is 5.41 Å². The van der Waals surface area contributed by atoms with Crippen molar-refractivity contribution in [2.75, 3.05) is 25.5 Å². The number of benzene rings is 1. The van der Waals surface area contributed by atoms with Crippen LogP contribution < -0.4 is 15.4 Å². The van der Waals surface area contributed by atoms with E-state index in [1.807, 2.05) is 48.7 Å². The van der Waals surface area contributed by atoms with Crippen molar-refractivity contribution in [1.29, 1.82) is 0 Å². The lowest BCUT2D eigenvalue weighted by molar-refractivity contribution is -0.123. The van der Waals surface area contributed by atoms with Gasteiger partial charge in [-0.1, -0.05) is 18.2 Å². The highest BCUT2D eigenvalue weighted by Crippen LogP contribution is 2.51. The fourth-order valence-corrected chi connectivity index (χ4v) is 3.62. The number of ether oxygens (including phenoxy) is 1. The summed E-state index contributed by atoms with van der Waals surface area (Å²) in [5, 5.41) is 6.29. The lowest BCUT2D eigenvalue weighted by Gasteiger charge is -2.18. The second-order valence-electron chi connectivity index (χ2n) is 7.51. The van der Waals surface area contributed by atoms with Gasteiger partial charge in [-0.25, -0.2) is 15.0 Å². The number of imidazole rings is 1. The van der Waals surface area contributed by atoms with Crippen molar-refractivity contribution in [2.24, 2.45) is 0 Å². The van der Waals surface area contributed by atoms with Crippen LogP contribution in [0.15, 0.2) is 43.0 Å². The summed E-state index contributed by atoms with van der Waals surface area (Å²) in [7, 11) is 1.64. The van der Waals surface area contributed by atoms with Crippen LogP contribution in [0.25, 0.3) is 5.82 Å². The van der Waals surface area contributed by atoms with Crippen LogP contribution in [0.1, 0.15) is 29.8 Å². The molecule has 8 heteroatoms. The molecule has 8 nitrogen and oxygen atoms in total. The van der Waals surface area contributed by atoms with Crippen molar-refractivity contribution in [3.8, 4) is 11.6 Å². The minimum Gasteiger partial charge on any atom is -0.496 e. The van der Waals surface area contributed by atoms with E-state index in [2.05, 4.69) is 25.6 Å². The van der Waals surface area contributed by atoms with E-state index in [1.165, 1.54) is 6.33 Å². The molecular weight excluding hydrogens is 380 g/mol. The van der Waals surface area contributed by atoms with E-state index in [1.54, 1.807) is 13.4 Å². The molecule has 0 aliphatic heterocycles. The van der Waals surface area contributed by atoms with Crippen molar-refractivity contribution in [3.05, 3.63) is 59.9 Å². The Bertz CT molecular complexity index is 1060. The van der Waals surface area contributed by atoms with Crippen LogP contribution in [0.3, 0.4) is 0 Å². The molecule has 1 fully saturated rings. The summed E-state index contributed by atoms with van der Waals surface area (Å²) in [4.78, 5) is 25.7. The van der Waals surface area contributed by atoms with Crippen LogP contribution in [0.4, 0.5) is 5.82 Å². The molecule has 0 atom stereocenters. The lowest BCUT2D eigenvalue weighted by atomic mass is 9.94. The van der Waals surface area contributed by atoms with Crippen LogP contribution >= 0.6 is 0 Å². The quantitative estimate of drug-likeness (QED) is 0.559. The van der Waals surface area contributed by atoms with Gasteiger partial charge in [-0.3, -0.25) is 9.36 Å². The molecule has 2 aromatic heterocycles. The monoisotopic (exact) mass is 406 g/mol. The summed E-state index contributed by atoms with van der Waals surface area (Å²) in [5.41, 5.74) is 2.50. The molecule has 2 N–H and O–H groups in total. The first-order valence-electron chi connectivity index (χ1n) is 10.0. The van der Waals surface area contributed by atoms with Gasteiger partial charge in [0.25, 0.3) is 0 Å². The maximum absolute atomic E-state index is 12.9. The number of anilines is 1. The van der Waals surface area contributed by atoms with Crippen LogP contribution in [0.2, 0.25) is 0 Å². The summed E-state index contributed by atoms with van der Waals surface area (Å²) in [5.74, 6) is 2.26. The molecule has 4 rings (SSSR count). The number of aryl methyl sites for hydroxylation is 1. The number of methoxy groups -OCH3 is 1. The van der Waals surface area contributed by atoms with Gasteiger partial charge < -0.3 is 15.4 Å². The Hall–Kier alpha value is -3.42. The molecule has 30 heavy (non-hydrogen) atoms. The number of nitrogens with zero attached hydrogens (tertiary/aromatic N) is 4. The van der Waals surface area contributed by atoms with Gasteiger partial charge in [-0.15, -0.1) is 0 Å². The minimum atomic E-state index is -0.467. The first kappa shape index (κ1) is 19.9. The molecule has 1 amide bonds. The Kier molecular flexibility index (Phi) is 5.39. The van der Waals surface area contributed by atoms with Crippen LogP contribution in [-0.2, 0) is 10.2 Å². The zero-order valence-corrected chi connectivity index (χ0v) is 17.5. The molecule has 0 radical (unpaired) electrons. The highest BCUT2D eigenvalue weighted by Gasteiger charge is 2.52. The van der Waals surface area contributed by atoms with Crippen molar-refractivity contribution in [1.82, 2.24) is 24.8 Å². The Morgan fingerprint density at radius 3 is 2.67 bits per heavy atom.